The van der Waals surface area contributed by atoms with Crippen molar-refractivity contribution < 1.29 is 0 Å². The monoisotopic (exact) mass is 174 g/mol. The van der Waals surface area contributed by atoms with Crippen LogP contribution in [0.25, 0.3) is 0 Å². The van der Waals surface area contributed by atoms with E-state index in [4.69, 9.17) is 11.5 Å². The minimum absolute atomic E-state index is 0. The number of hydrogen-bond donors (Lipinski definition) is 2. The summed E-state index contributed by atoms with van der Waals surface area (Å²) < 4.78 is 0. The van der Waals surface area contributed by atoms with Gasteiger partial charge in [-0.2, -0.15) is 0 Å². The van der Waals surface area contributed by atoms with Crippen molar-refractivity contribution in [2.24, 2.45) is 11.5 Å². The van der Waals surface area contributed by atoms with Gasteiger partial charge in [-0.3, -0.25) is 0 Å². The lowest BCUT2D eigenvalue weighted by Crippen LogP contribution is -2.29. The van der Waals surface area contributed by atoms with Crippen LogP contribution in [-0.2, 0) is 0 Å². The Morgan fingerprint density at radius 2 is 1.67 bits per heavy atom. The molecule has 0 fully saturated rings. The van der Waals surface area contributed by atoms with Gasteiger partial charge in [0.15, 0.2) is 0 Å². The smallest absolute Gasteiger partial charge is 0.0520 e. The maximum Gasteiger partial charge on any atom is 0.0520 e. The van der Waals surface area contributed by atoms with Crippen LogP contribution < -0.4 is 11.5 Å². The van der Waals surface area contributed by atoms with Gasteiger partial charge in [-0.15, -0.1) is 24.8 Å². The predicted molar refractivity (Wildman–Crippen MR) is 46.2 cm³/mol. The van der Waals surface area contributed by atoms with E-state index in [-0.39, 0.29) is 31.0 Å². The fraction of sp³-hybridized carbons (Fsp3) is 1.00. The summed E-state index contributed by atoms with van der Waals surface area (Å²) in [5.74, 6) is 0. The van der Waals surface area contributed by atoms with Crippen LogP contribution in [-0.4, -0.2) is 6.17 Å². The fourth-order valence-electron chi connectivity index (χ4n) is 0.440. The van der Waals surface area contributed by atoms with Crippen LogP contribution in [0.4, 0.5) is 0 Å². The molecule has 0 rings (SSSR count). The van der Waals surface area contributed by atoms with E-state index in [9.17, 15) is 0 Å². The highest BCUT2D eigenvalue weighted by molar-refractivity contribution is 5.85. The van der Waals surface area contributed by atoms with Crippen molar-refractivity contribution in [2.45, 2.75) is 32.4 Å². The molecule has 9 heavy (non-hydrogen) atoms. The molecule has 4 N–H and O–H groups in total. The largest absolute Gasteiger partial charge is 0.316 e. The van der Waals surface area contributed by atoms with Gasteiger partial charge in [0.2, 0.25) is 0 Å². The number of unbranched alkanes of at least 4 members (excludes halogenated alkanes) is 1. The van der Waals surface area contributed by atoms with Crippen LogP contribution in [0.1, 0.15) is 26.2 Å². The molecule has 0 aromatic carbocycles. The Hall–Kier alpha value is 0.500. The first-order chi connectivity index (χ1) is 3.27. The summed E-state index contributed by atoms with van der Waals surface area (Å²) >= 11 is 0. The second-order valence-corrected chi connectivity index (χ2v) is 1.81. The van der Waals surface area contributed by atoms with Gasteiger partial charge in [0.1, 0.15) is 0 Å². The zero-order valence-electron chi connectivity index (χ0n) is 5.67. The fourth-order valence-corrected chi connectivity index (χ4v) is 0.440. The quantitative estimate of drug-likeness (QED) is 0.634. The van der Waals surface area contributed by atoms with Crippen molar-refractivity contribution in [2.75, 3.05) is 0 Å². The minimum atomic E-state index is -0.0973. The van der Waals surface area contributed by atoms with Crippen LogP contribution in [0.15, 0.2) is 0 Å². The Bertz CT molecular complexity index is 41.9. The summed E-state index contributed by atoms with van der Waals surface area (Å²) in [6.07, 6.45) is 3.19. The molecule has 0 radical (unpaired) electrons. The highest BCUT2D eigenvalue weighted by Crippen LogP contribution is 1.91. The number of hydrogen-bond acceptors (Lipinski definition) is 2. The molecular weight excluding hydrogens is 159 g/mol. The van der Waals surface area contributed by atoms with E-state index in [1.54, 1.807) is 0 Å². The molecule has 0 amide bonds. The second kappa shape index (κ2) is 11.3. The molecule has 60 valence electrons. The molecule has 0 atom stereocenters. The lowest BCUT2D eigenvalue weighted by molar-refractivity contribution is 0.595. The van der Waals surface area contributed by atoms with Gasteiger partial charge in [-0.05, 0) is 6.42 Å². The summed E-state index contributed by atoms with van der Waals surface area (Å²) in [5, 5.41) is 0. The zero-order chi connectivity index (χ0) is 5.70. The first-order valence-corrected chi connectivity index (χ1v) is 2.78. The summed E-state index contributed by atoms with van der Waals surface area (Å²) in [6, 6.07) is 0. The third kappa shape index (κ3) is 17.7. The van der Waals surface area contributed by atoms with E-state index >= 15 is 0 Å². The molecule has 0 saturated carbocycles. The molecule has 0 saturated heterocycles. The third-order valence-corrected chi connectivity index (χ3v) is 0.891. The van der Waals surface area contributed by atoms with E-state index in [1.807, 2.05) is 0 Å². The van der Waals surface area contributed by atoms with Crippen LogP contribution in [0.5, 0.6) is 0 Å². The predicted octanol–water partition coefficient (Wildman–Crippen LogP) is 1.26. The topological polar surface area (TPSA) is 52.0 Å². The molecule has 0 bridgehead atoms. The average Bonchev–Trinajstić information content (AvgIpc) is 1.61. The summed E-state index contributed by atoms with van der Waals surface area (Å²) in [4.78, 5) is 0. The molecule has 0 spiro atoms. The third-order valence-electron chi connectivity index (χ3n) is 0.891. The Balaban J connectivity index is -0.000000180. The van der Waals surface area contributed by atoms with E-state index in [0.717, 1.165) is 12.8 Å². The summed E-state index contributed by atoms with van der Waals surface area (Å²) in [7, 11) is 0. The molecule has 4 heteroatoms. The SMILES string of the molecule is CCCCC(N)N.Cl.Cl. The Morgan fingerprint density at radius 1 is 1.22 bits per heavy atom. The minimum Gasteiger partial charge on any atom is -0.316 e. The van der Waals surface area contributed by atoms with Gasteiger partial charge in [0, 0.05) is 0 Å². The molecule has 0 unspecified atom stereocenters. The van der Waals surface area contributed by atoms with Gasteiger partial charge >= 0.3 is 0 Å². The maximum atomic E-state index is 5.26. The molecule has 0 aliphatic carbocycles. The van der Waals surface area contributed by atoms with Gasteiger partial charge in [0.25, 0.3) is 0 Å². The van der Waals surface area contributed by atoms with Gasteiger partial charge in [-0.25, -0.2) is 0 Å². The molecule has 0 aromatic heterocycles. The summed E-state index contributed by atoms with van der Waals surface area (Å²) in [6.45, 7) is 2.13. The van der Waals surface area contributed by atoms with Crippen molar-refractivity contribution in [3.8, 4) is 0 Å². The van der Waals surface area contributed by atoms with Crippen LogP contribution >= 0.6 is 24.8 Å². The number of rotatable bonds is 3. The normalized spacial score (nSPS) is 8.00. The maximum absolute atomic E-state index is 5.26. The molecular formula is C5H16Cl2N2. The van der Waals surface area contributed by atoms with Crippen molar-refractivity contribution in [1.82, 2.24) is 0 Å². The van der Waals surface area contributed by atoms with Crippen LogP contribution in [0, 0.1) is 0 Å². The van der Waals surface area contributed by atoms with E-state index < -0.39 is 0 Å². The first-order valence-electron chi connectivity index (χ1n) is 2.78. The van der Waals surface area contributed by atoms with E-state index in [0.29, 0.717) is 0 Å². The van der Waals surface area contributed by atoms with Crippen molar-refractivity contribution >= 4 is 24.8 Å². The highest BCUT2D eigenvalue weighted by atomic mass is 35.5. The van der Waals surface area contributed by atoms with Gasteiger partial charge in [-0.1, -0.05) is 19.8 Å². The lowest BCUT2D eigenvalue weighted by atomic mass is 10.2. The average molecular weight is 175 g/mol. The molecule has 0 aliphatic rings. The highest BCUT2D eigenvalue weighted by Gasteiger charge is 1.88. The molecule has 0 heterocycles. The standard InChI is InChI=1S/C5H14N2.2ClH/c1-2-3-4-5(6)7;;/h5H,2-4,6-7H2,1H3;2*1H. The number of nitrogens with two attached hydrogens (primary N) is 2. The van der Waals surface area contributed by atoms with Crippen molar-refractivity contribution in [1.29, 1.82) is 0 Å². The lowest BCUT2D eigenvalue weighted by Gasteiger charge is -2.00. The van der Waals surface area contributed by atoms with E-state index in [2.05, 4.69) is 6.92 Å². The van der Waals surface area contributed by atoms with Crippen molar-refractivity contribution in [3.05, 3.63) is 0 Å². The molecule has 0 aliphatic heterocycles. The first kappa shape index (κ1) is 16.2. The Kier molecular flexibility index (Phi) is 20.4. The number of halogens is 2. The zero-order valence-corrected chi connectivity index (χ0v) is 7.30. The summed E-state index contributed by atoms with van der Waals surface area (Å²) in [5.41, 5.74) is 10.5. The second-order valence-electron chi connectivity index (χ2n) is 1.81. The Morgan fingerprint density at radius 3 is 1.78 bits per heavy atom. The van der Waals surface area contributed by atoms with Crippen LogP contribution in [0.3, 0.4) is 0 Å². The van der Waals surface area contributed by atoms with Gasteiger partial charge < -0.3 is 11.5 Å². The van der Waals surface area contributed by atoms with Gasteiger partial charge in [0.05, 0.1) is 6.17 Å². The molecule has 0 aromatic rings. The molecule has 2 nitrogen and oxygen atoms in total. The van der Waals surface area contributed by atoms with Crippen LogP contribution in [0.2, 0.25) is 0 Å². The van der Waals surface area contributed by atoms with Crippen molar-refractivity contribution in [3.63, 3.8) is 0 Å². The Labute approximate surface area is 69.2 Å². The van der Waals surface area contributed by atoms with E-state index in [1.165, 1.54) is 6.42 Å².